The van der Waals surface area contributed by atoms with Crippen molar-refractivity contribution in [3.8, 4) is 0 Å². The fourth-order valence-electron chi connectivity index (χ4n) is 2.22. The number of likely N-dealkylation sites (tertiary alicyclic amines) is 1. The molecule has 2 rings (SSSR count). The van der Waals surface area contributed by atoms with Crippen LogP contribution in [0.4, 0.5) is 5.69 Å². The molecule has 1 aromatic rings. The molecular weight excluding hydrogens is 260 g/mol. The van der Waals surface area contributed by atoms with Gasteiger partial charge in [-0.15, -0.1) is 0 Å². The molecular formula is C14H16N2O4. The summed E-state index contributed by atoms with van der Waals surface area (Å²) < 4.78 is 0. The number of rotatable bonds is 3. The quantitative estimate of drug-likeness (QED) is 0.865. The minimum absolute atomic E-state index is 0.0519. The van der Waals surface area contributed by atoms with Gasteiger partial charge in [-0.25, -0.2) is 4.79 Å². The van der Waals surface area contributed by atoms with Gasteiger partial charge < -0.3 is 15.3 Å². The summed E-state index contributed by atoms with van der Waals surface area (Å²) in [6.07, 6.45) is 0.163. The molecule has 0 radical (unpaired) electrons. The van der Waals surface area contributed by atoms with Gasteiger partial charge in [0.05, 0.1) is 17.2 Å². The summed E-state index contributed by atoms with van der Waals surface area (Å²) in [6, 6.07) is 4.80. The second kappa shape index (κ2) is 5.32. The monoisotopic (exact) mass is 276 g/mol. The normalized spacial score (nSPS) is 18.2. The molecule has 0 aromatic heterocycles. The Bertz CT molecular complexity index is 583. The number of nitrogens with zero attached hydrogens (tertiary/aromatic N) is 1. The smallest absolute Gasteiger partial charge is 0.337 e. The molecule has 0 saturated carbocycles. The molecule has 1 fully saturated rings. The van der Waals surface area contributed by atoms with Gasteiger partial charge in [0, 0.05) is 20.0 Å². The van der Waals surface area contributed by atoms with Crippen LogP contribution in [0.3, 0.4) is 0 Å². The third-order valence-corrected chi connectivity index (χ3v) is 3.38. The van der Waals surface area contributed by atoms with Crippen molar-refractivity contribution in [1.82, 2.24) is 4.90 Å². The first-order valence-corrected chi connectivity index (χ1v) is 6.27. The summed E-state index contributed by atoms with van der Waals surface area (Å²) in [6.45, 7) is 2.14. The van der Waals surface area contributed by atoms with E-state index < -0.39 is 11.9 Å². The second-order valence-electron chi connectivity index (χ2n) is 5.02. The maximum Gasteiger partial charge on any atom is 0.337 e. The first-order valence-electron chi connectivity index (χ1n) is 6.27. The van der Waals surface area contributed by atoms with Crippen LogP contribution in [-0.4, -0.2) is 41.4 Å². The van der Waals surface area contributed by atoms with Crippen molar-refractivity contribution >= 4 is 23.5 Å². The van der Waals surface area contributed by atoms with Crippen molar-refractivity contribution in [2.75, 3.05) is 18.9 Å². The number of carboxylic acids is 1. The summed E-state index contributed by atoms with van der Waals surface area (Å²) in [4.78, 5) is 36.2. The average Bonchev–Trinajstić information content (AvgIpc) is 2.71. The lowest BCUT2D eigenvalue weighted by Gasteiger charge is -2.13. The SMILES string of the molecule is Cc1ccc(NC(=O)C2CC(=O)N(C)C2)c(C(=O)O)c1. The molecule has 6 heteroatoms. The molecule has 2 N–H and O–H groups in total. The number of anilines is 1. The van der Waals surface area contributed by atoms with Crippen molar-refractivity contribution in [3.05, 3.63) is 29.3 Å². The van der Waals surface area contributed by atoms with Crippen molar-refractivity contribution in [2.45, 2.75) is 13.3 Å². The van der Waals surface area contributed by atoms with Crippen molar-refractivity contribution in [2.24, 2.45) is 5.92 Å². The lowest BCUT2D eigenvalue weighted by atomic mass is 10.1. The summed E-state index contributed by atoms with van der Waals surface area (Å²) in [5.41, 5.74) is 1.11. The highest BCUT2D eigenvalue weighted by molar-refractivity contribution is 6.02. The maximum absolute atomic E-state index is 12.1. The van der Waals surface area contributed by atoms with Crippen molar-refractivity contribution in [1.29, 1.82) is 0 Å². The Hall–Kier alpha value is -2.37. The van der Waals surface area contributed by atoms with E-state index in [2.05, 4.69) is 5.32 Å². The van der Waals surface area contributed by atoms with Gasteiger partial charge in [0.1, 0.15) is 0 Å². The zero-order valence-corrected chi connectivity index (χ0v) is 11.3. The van der Waals surface area contributed by atoms with Crippen LogP contribution < -0.4 is 5.32 Å². The number of hydrogen-bond donors (Lipinski definition) is 2. The van der Waals surface area contributed by atoms with E-state index in [1.807, 2.05) is 0 Å². The molecule has 1 atom stereocenters. The van der Waals surface area contributed by atoms with Crippen LogP contribution >= 0.6 is 0 Å². The van der Waals surface area contributed by atoms with Gasteiger partial charge >= 0.3 is 5.97 Å². The number of carbonyl (C=O) groups is 3. The predicted molar refractivity (Wildman–Crippen MR) is 72.5 cm³/mol. The average molecular weight is 276 g/mol. The van der Waals surface area contributed by atoms with Crippen molar-refractivity contribution in [3.63, 3.8) is 0 Å². The molecule has 0 spiro atoms. The molecule has 106 valence electrons. The Kier molecular flexibility index (Phi) is 3.74. The molecule has 0 bridgehead atoms. The lowest BCUT2D eigenvalue weighted by molar-refractivity contribution is -0.127. The largest absolute Gasteiger partial charge is 0.478 e. The number of amides is 2. The zero-order valence-electron chi connectivity index (χ0n) is 11.3. The van der Waals surface area contributed by atoms with E-state index in [0.717, 1.165) is 5.56 Å². The molecule has 0 aliphatic carbocycles. The van der Waals surface area contributed by atoms with Crippen LogP contribution in [0.15, 0.2) is 18.2 Å². The van der Waals surface area contributed by atoms with Crippen LogP contribution in [0.1, 0.15) is 22.3 Å². The Labute approximate surface area is 116 Å². The van der Waals surface area contributed by atoms with E-state index in [9.17, 15) is 14.4 Å². The maximum atomic E-state index is 12.1. The highest BCUT2D eigenvalue weighted by Gasteiger charge is 2.32. The summed E-state index contributed by atoms with van der Waals surface area (Å²) >= 11 is 0. The standard InChI is InChI=1S/C14H16N2O4/c1-8-3-4-11(10(5-8)14(19)20)15-13(18)9-6-12(17)16(2)7-9/h3-5,9H,6-7H2,1-2H3,(H,15,18)(H,19,20). The zero-order chi connectivity index (χ0) is 14.9. The van der Waals surface area contributed by atoms with Crippen LogP contribution in [0.25, 0.3) is 0 Å². The van der Waals surface area contributed by atoms with Crippen LogP contribution in [0.5, 0.6) is 0 Å². The van der Waals surface area contributed by atoms with Gasteiger partial charge in [-0.2, -0.15) is 0 Å². The van der Waals surface area contributed by atoms with E-state index in [0.29, 0.717) is 6.54 Å². The molecule has 1 saturated heterocycles. The lowest BCUT2D eigenvalue weighted by Crippen LogP contribution is -2.26. The molecule has 6 nitrogen and oxygen atoms in total. The number of carboxylic acid groups (broad SMARTS) is 1. The van der Waals surface area contributed by atoms with Crippen LogP contribution in [-0.2, 0) is 9.59 Å². The molecule has 1 unspecified atom stereocenters. The fraction of sp³-hybridized carbons (Fsp3) is 0.357. The highest BCUT2D eigenvalue weighted by atomic mass is 16.4. The molecule has 1 aliphatic heterocycles. The Balaban J connectivity index is 2.16. The summed E-state index contributed by atoms with van der Waals surface area (Å²) in [7, 11) is 1.64. The number of carbonyl (C=O) groups excluding carboxylic acids is 2. The van der Waals surface area contributed by atoms with Crippen LogP contribution in [0.2, 0.25) is 0 Å². The first kappa shape index (κ1) is 14.0. The predicted octanol–water partition coefficient (Wildman–Crippen LogP) is 1.11. The minimum atomic E-state index is -1.09. The number of aromatic carboxylic acids is 1. The Morgan fingerprint density at radius 2 is 2.10 bits per heavy atom. The van der Waals surface area contributed by atoms with Gasteiger partial charge in [-0.05, 0) is 19.1 Å². The van der Waals surface area contributed by atoms with Crippen LogP contribution in [0, 0.1) is 12.8 Å². The van der Waals surface area contributed by atoms with Gasteiger partial charge in [-0.1, -0.05) is 11.6 Å². The summed E-state index contributed by atoms with van der Waals surface area (Å²) in [5.74, 6) is -1.93. The molecule has 20 heavy (non-hydrogen) atoms. The number of hydrogen-bond acceptors (Lipinski definition) is 3. The van der Waals surface area contributed by atoms with E-state index in [1.165, 1.54) is 11.0 Å². The number of aryl methyl sites for hydroxylation is 1. The Morgan fingerprint density at radius 1 is 1.40 bits per heavy atom. The van der Waals surface area contributed by atoms with Crippen molar-refractivity contribution < 1.29 is 19.5 Å². The minimum Gasteiger partial charge on any atom is -0.478 e. The van der Waals surface area contributed by atoms with E-state index in [1.54, 1.807) is 26.1 Å². The molecule has 2 amide bonds. The fourth-order valence-corrected chi connectivity index (χ4v) is 2.22. The molecule has 1 aliphatic rings. The third-order valence-electron chi connectivity index (χ3n) is 3.38. The van der Waals surface area contributed by atoms with Gasteiger partial charge in [0.2, 0.25) is 11.8 Å². The molecule has 1 heterocycles. The van der Waals surface area contributed by atoms with Gasteiger partial charge in [0.25, 0.3) is 0 Å². The third kappa shape index (κ3) is 2.79. The number of benzene rings is 1. The number of nitrogens with one attached hydrogen (secondary N) is 1. The van der Waals surface area contributed by atoms with E-state index >= 15 is 0 Å². The van der Waals surface area contributed by atoms with E-state index in [-0.39, 0.29) is 29.5 Å². The topological polar surface area (TPSA) is 86.7 Å². The van der Waals surface area contributed by atoms with Gasteiger partial charge in [0.15, 0.2) is 0 Å². The molecule has 1 aromatic carbocycles. The van der Waals surface area contributed by atoms with E-state index in [4.69, 9.17) is 5.11 Å². The Morgan fingerprint density at radius 3 is 2.65 bits per heavy atom. The second-order valence-corrected chi connectivity index (χ2v) is 5.02. The summed E-state index contributed by atoms with van der Waals surface area (Å²) in [5, 5.41) is 11.7. The first-order chi connectivity index (χ1) is 9.38. The van der Waals surface area contributed by atoms with Gasteiger partial charge in [-0.3, -0.25) is 9.59 Å². The highest BCUT2D eigenvalue weighted by Crippen LogP contribution is 2.21.